The second-order valence-corrected chi connectivity index (χ2v) is 5.28. The van der Waals surface area contributed by atoms with Gasteiger partial charge in [-0.05, 0) is 30.3 Å². The van der Waals surface area contributed by atoms with Crippen LogP contribution in [0, 0.1) is 5.82 Å². The van der Waals surface area contributed by atoms with Crippen molar-refractivity contribution in [3.63, 3.8) is 0 Å². The Balaban J connectivity index is 1.73. The summed E-state index contributed by atoms with van der Waals surface area (Å²) in [6.45, 7) is 0.475. The van der Waals surface area contributed by atoms with Crippen LogP contribution in [0.1, 0.15) is 0 Å². The Morgan fingerprint density at radius 3 is 2.70 bits per heavy atom. The van der Waals surface area contributed by atoms with E-state index in [9.17, 15) is 9.18 Å². The summed E-state index contributed by atoms with van der Waals surface area (Å²) in [7, 11) is 1.63. The molecule has 0 saturated carbocycles. The van der Waals surface area contributed by atoms with Gasteiger partial charge in [-0.2, -0.15) is 0 Å². The molecule has 0 aromatic heterocycles. The Morgan fingerprint density at radius 1 is 1.17 bits per heavy atom. The SMILES string of the molecule is CN(CCOc1cccc(Cl)c1)C(=O)COc1ccccc1F. The molecule has 0 heterocycles. The highest BCUT2D eigenvalue weighted by molar-refractivity contribution is 6.30. The van der Waals surface area contributed by atoms with E-state index in [1.54, 1.807) is 43.4 Å². The van der Waals surface area contributed by atoms with Crippen molar-refractivity contribution in [2.45, 2.75) is 0 Å². The molecule has 0 fully saturated rings. The smallest absolute Gasteiger partial charge is 0.260 e. The minimum Gasteiger partial charge on any atom is -0.492 e. The third kappa shape index (κ3) is 5.45. The minimum atomic E-state index is -0.493. The van der Waals surface area contributed by atoms with Crippen LogP contribution in [0.25, 0.3) is 0 Å². The Kier molecular flexibility index (Phi) is 6.23. The molecule has 0 radical (unpaired) electrons. The quantitative estimate of drug-likeness (QED) is 0.777. The summed E-state index contributed by atoms with van der Waals surface area (Å²) in [4.78, 5) is 13.4. The number of nitrogens with zero attached hydrogens (tertiary/aromatic N) is 1. The van der Waals surface area contributed by atoms with Gasteiger partial charge in [-0.25, -0.2) is 4.39 Å². The van der Waals surface area contributed by atoms with Crippen LogP contribution < -0.4 is 9.47 Å². The molecule has 122 valence electrons. The molecule has 0 spiro atoms. The normalized spacial score (nSPS) is 10.2. The van der Waals surface area contributed by atoms with E-state index in [1.807, 2.05) is 0 Å². The lowest BCUT2D eigenvalue weighted by molar-refractivity contribution is -0.132. The maximum absolute atomic E-state index is 13.4. The van der Waals surface area contributed by atoms with Gasteiger partial charge in [-0.3, -0.25) is 4.79 Å². The number of ether oxygens (including phenoxy) is 2. The maximum Gasteiger partial charge on any atom is 0.260 e. The molecule has 0 atom stereocenters. The maximum atomic E-state index is 13.4. The molecule has 0 aliphatic carbocycles. The van der Waals surface area contributed by atoms with E-state index < -0.39 is 5.82 Å². The van der Waals surface area contributed by atoms with Crippen LogP contribution in [-0.4, -0.2) is 37.6 Å². The number of carbonyl (C=O) groups is 1. The first-order valence-electron chi connectivity index (χ1n) is 7.06. The number of para-hydroxylation sites is 1. The van der Waals surface area contributed by atoms with Crippen LogP contribution in [-0.2, 0) is 4.79 Å². The molecule has 0 aliphatic heterocycles. The molecule has 6 heteroatoms. The van der Waals surface area contributed by atoms with Gasteiger partial charge in [0.1, 0.15) is 12.4 Å². The number of carbonyl (C=O) groups excluding carboxylic acids is 1. The third-order valence-electron chi connectivity index (χ3n) is 3.11. The second kappa shape index (κ2) is 8.39. The van der Waals surface area contributed by atoms with Crippen molar-refractivity contribution in [2.75, 3.05) is 26.8 Å². The predicted molar refractivity (Wildman–Crippen MR) is 86.5 cm³/mol. The number of benzene rings is 2. The Bertz CT molecular complexity index is 666. The summed E-state index contributed by atoms with van der Waals surface area (Å²) < 4.78 is 24.1. The molecule has 0 saturated heterocycles. The van der Waals surface area contributed by atoms with E-state index in [2.05, 4.69) is 0 Å². The van der Waals surface area contributed by atoms with Crippen LogP contribution in [0.5, 0.6) is 11.5 Å². The highest BCUT2D eigenvalue weighted by atomic mass is 35.5. The fraction of sp³-hybridized carbons (Fsp3) is 0.235. The zero-order valence-corrected chi connectivity index (χ0v) is 13.4. The van der Waals surface area contributed by atoms with Crippen molar-refractivity contribution in [1.82, 2.24) is 4.90 Å². The number of rotatable bonds is 7. The van der Waals surface area contributed by atoms with Gasteiger partial charge >= 0.3 is 0 Å². The number of hydrogen-bond donors (Lipinski definition) is 0. The second-order valence-electron chi connectivity index (χ2n) is 4.84. The first kappa shape index (κ1) is 17.1. The van der Waals surface area contributed by atoms with Gasteiger partial charge in [-0.15, -0.1) is 0 Å². The molecule has 0 bridgehead atoms. The van der Waals surface area contributed by atoms with E-state index in [-0.39, 0.29) is 18.3 Å². The molecule has 1 amide bonds. The summed E-state index contributed by atoms with van der Waals surface area (Å²) in [5, 5.41) is 0.588. The Hall–Kier alpha value is -2.27. The van der Waals surface area contributed by atoms with Gasteiger partial charge in [0.15, 0.2) is 18.2 Å². The number of halogens is 2. The average Bonchev–Trinajstić information content (AvgIpc) is 2.54. The lowest BCUT2D eigenvalue weighted by Gasteiger charge is -2.18. The molecular formula is C17H17ClFNO3. The van der Waals surface area contributed by atoms with Crippen LogP contribution in [0.2, 0.25) is 5.02 Å². The summed E-state index contributed by atoms with van der Waals surface area (Å²) in [6.07, 6.45) is 0. The van der Waals surface area contributed by atoms with Crippen molar-refractivity contribution in [3.05, 3.63) is 59.4 Å². The van der Waals surface area contributed by atoms with Gasteiger partial charge < -0.3 is 14.4 Å². The molecule has 0 N–H and O–H groups in total. The van der Waals surface area contributed by atoms with Crippen LogP contribution in [0.3, 0.4) is 0 Å². The number of likely N-dealkylation sites (N-methyl/N-ethyl adjacent to an activating group) is 1. The first-order valence-corrected chi connectivity index (χ1v) is 7.43. The zero-order valence-electron chi connectivity index (χ0n) is 12.7. The lowest BCUT2D eigenvalue weighted by atomic mass is 10.3. The monoisotopic (exact) mass is 337 g/mol. The summed E-state index contributed by atoms with van der Waals surface area (Å²) in [6, 6.07) is 13.0. The number of hydrogen-bond acceptors (Lipinski definition) is 3. The zero-order chi connectivity index (χ0) is 16.7. The summed E-state index contributed by atoms with van der Waals surface area (Å²) in [5.41, 5.74) is 0. The van der Waals surface area contributed by atoms with E-state index >= 15 is 0 Å². The fourth-order valence-electron chi connectivity index (χ4n) is 1.79. The minimum absolute atomic E-state index is 0.0597. The topological polar surface area (TPSA) is 38.8 Å². The van der Waals surface area contributed by atoms with E-state index in [1.165, 1.54) is 17.0 Å². The molecule has 0 aliphatic rings. The van der Waals surface area contributed by atoms with Gasteiger partial charge in [0.2, 0.25) is 0 Å². The fourth-order valence-corrected chi connectivity index (χ4v) is 1.97. The molecular weight excluding hydrogens is 321 g/mol. The van der Waals surface area contributed by atoms with Gasteiger partial charge in [0, 0.05) is 12.1 Å². The average molecular weight is 338 g/mol. The standard InChI is InChI=1S/C17H17ClFNO3/c1-20(9-10-22-14-6-4-5-13(18)11-14)17(21)12-23-16-8-3-2-7-15(16)19/h2-8,11H,9-10,12H2,1H3. The molecule has 2 aromatic carbocycles. The number of amides is 1. The van der Waals surface area contributed by atoms with Crippen LogP contribution >= 0.6 is 11.6 Å². The van der Waals surface area contributed by atoms with E-state index in [0.717, 1.165) is 0 Å². The molecule has 4 nitrogen and oxygen atoms in total. The van der Waals surface area contributed by atoms with Gasteiger partial charge in [-0.1, -0.05) is 29.8 Å². The molecule has 23 heavy (non-hydrogen) atoms. The molecule has 0 unspecified atom stereocenters. The predicted octanol–water partition coefficient (Wildman–Crippen LogP) is 3.40. The van der Waals surface area contributed by atoms with Gasteiger partial charge in [0.05, 0.1) is 6.54 Å². The molecule has 2 rings (SSSR count). The van der Waals surface area contributed by atoms with Crippen LogP contribution in [0.15, 0.2) is 48.5 Å². The van der Waals surface area contributed by atoms with Gasteiger partial charge in [0.25, 0.3) is 5.91 Å². The highest BCUT2D eigenvalue weighted by Crippen LogP contribution is 2.17. The Labute approximate surface area is 139 Å². The van der Waals surface area contributed by atoms with Crippen molar-refractivity contribution in [2.24, 2.45) is 0 Å². The van der Waals surface area contributed by atoms with Crippen molar-refractivity contribution >= 4 is 17.5 Å². The highest BCUT2D eigenvalue weighted by Gasteiger charge is 2.11. The summed E-state index contributed by atoms with van der Waals surface area (Å²) in [5.74, 6) is -0.0550. The van der Waals surface area contributed by atoms with Crippen molar-refractivity contribution < 1.29 is 18.7 Å². The first-order chi connectivity index (χ1) is 11.1. The third-order valence-corrected chi connectivity index (χ3v) is 3.34. The largest absolute Gasteiger partial charge is 0.492 e. The Morgan fingerprint density at radius 2 is 1.96 bits per heavy atom. The van der Waals surface area contributed by atoms with Crippen LogP contribution in [0.4, 0.5) is 4.39 Å². The van der Waals surface area contributed by atoms with Crippen molar-refractivity contribution in [1.29, 1.82) is 0 Å². The lowest BCUT2D eigenvalue weighted by Crippen LogP contribution is -2.34. The van der Waals surface area contributed by atoms with E-state index in [0.29, 0.717) is 23.9 Å². The molecule has 2 aromatic rings. The van der Waals surface area contributed by atoms with Crippen molar-refractivity contribution in [3.8, 4) is 11.5 Å². The summed E-state index contributed by atoms with van der Waals surface area (Å²) >= 11 is 5.86. The van der Waals surface area contributed by atoms with E-state index in [4.69, 9.17) is 21.1 Å².